The first-order chi connectivity index (χ1) is 12.7. The zero-order valence-corrected chi connectivity index (χ0v) is 14.5. The molecule has 0 unspecified atom stereocenters. The third-order valence-corrected chi connectivity index (χ3v) is 5.86. The molecular formula is C19H15FN4OS. The quantitative estimate of drug-likeness (QED) is 0.574. The third-order valence-electron chi connectivity index (χ3n) is 4.94. The SMILES string of the molecule is O[C@@H]1CC[C@H]1Nc1nnc(-c2ccc3c(F)csc3c2)c2ccncc12. The van der Waals surface area contributed by atoms with Crippen molar-refractivity contribution in [2.24, 2.45) is 0 Å². The first-order valence-electron chi connectivity index (χ1n) is 8.43. The Balaban J connectivity index is 1.63. The summed E-state index contributed by atoms with van der Waals surface area (Å²) >= 11 is 1.37. The summed E-state index contributed by atoms with van der Waals surface area (Å²) in [5.74, 6) is 0.430. The fraction of sp³-hybridized carbons (Fsp3) is 0.211. The van der Waals surface area contributed by atoms with E-state index >= 15 is 0 Å². The average molecular weight is 366 g/mol. The van der Waals surface area contributed by atoms with E-state index < -0.39 is 0 Å². The van der Waals surface area contributed by atoms with Gasteiger partial charge in [-0.15, -0.1) is 21.5 Å². The number of nitrogens with one attached hydrogen (secondary N) is 1. The topological polar surface area (TPSA) is 70.9 Å². The van der Waals surface area contributed by atoms with Gasteiger partial charge in [0.25, 0.3) is 0 Å². The van der Waals surface area contributed by atoms with Crippen LogP contribution in [0.5, 0.6) is 0 Å². The predicted molar refractivity (Wildman–Crippen MR) is 101 cm³/mol. The van der Waals surface area contributed by atoms with E-state index in [0.29, 0.717) is 11.2 Å². The van der Waals surface area contributed by atoms with Gasteiger partial charge >= 0.3 is 0 Å². The van der Waals surface area contributed by atoms with Gasteiger partial charge in [0.1, 0.15) is 11.5 Å². The number of benzene rings is 1. The lowest BCUT2D eigenvalue weighted by Gasteiger charge is -2.33. The molecule has 2 atom stereocenters. The van der Waals surface area contributed by atoms with E-state index in [4.69, 9.17) is 0 Å². The maximum absolute atomic E-state index is 13.7. The average Bonchev–Trinajstić information content (AvgIpc) is 3.05. The van der Waals surface area contributed by atoms with Gasteiger partial charge in [0, 0.05) is 44.2 Å². The van der Waals surface area contributed by atoms with Crippen LogP contribution in [0, 0.1) is 5.82 Å². The van der Waals surface area contributed by atoms with Gasteiger partial charge in [-0.3, -0.25) is 4.98 Å². The van der Waals surface area contributed by atoms with E-state index in [-0.39, 0.29) is 18.0 Å². The molecule has 0 radical (unpaired) electrons. The van der Waals surface area contributed by atoms with Crippen molar-refractivity contribution >= 4 is 38.0 Å². The molecule has 5 nitrogen and oxygen atoms in total. The van der Waals surface area contributed by atoms with Crippen molar-refractivity contribution in [1.82, 2.24) is 15.2 Å². The third kappa shape index (κ3) is 2.43. The molecule has 2 N–H and O–H groups in total. The van der Waals surface area contributed by atoms with Gasteiger partial charge in [-0.05, 0) is 31.0 Å². The molecule has 130 valence electrons. The minimum Gasteiger partial charge on any atom is -0.391 e. The van der Waals surface area contributed by atoms with Crippen LogP contribution in [0.4, 0.5) is 10.2 Å². The fourth-order valence-corrected chi connectivity index (χ4v) is 4.13. The molecule has 1 aliphatic rings. The number of aliphatic hydroxyl groups is 1. The maximum Gasteiger partial charge on any atom is 0.158 e. The van der Waals surface area contributed by atoms with Gasteiger partial charge in [0.2, 0.25) is 0 Å². The molecule has 5 rings (SSSR count). The monoisotopic (exact) mass is 366 g/mol. The van der Waals surface area contributed by atoms with Crippen LogP contribution >= 0.6 is 11.3 Å². The summed E-state index contributed by atoms with van der Waals surface area (Å²) in [4.78, 5) is 4.21. The van der Waals surface area contributed by atoms with Crippen LogP contribution in [0.15, 0.2) is 42.0 Å². The summed E-state index contributed by atoms with van der Waals surface area (Å²) in [6.45, 7) is 0. The van der Waals surface area contributed by atoms with Crippen molar-refractivity contribution < 1.29 is 9.50 Å². The number of hydrogen-bond donors (Lipinski definition) is 2. The molecule has 3 aromatic heterocycles. The lowest BCUT2D eigenvalue weighted by atomic mass is 9.89. The summed E-state index contributed by atoms with van der Waals surface area (Å²) < 4.78 is 14.6. The Morgan fingerprint density at radius 2 is 2.04 bits per heavy atom. The van der Waals surface area contributed by atoms with E-state index in [1.54, 1.807) is 18.5 Å². The number of aliphatic hydroxyl groups excluding tert-OH is 1. The molecule has 0 bridgehead atoms. The van der Waals surface area contributed by atoms with E-state index in [0.717, 1.165) is 39.6 Å². The Labute approximate surface area is 152 Å². The zero-order chi connectivity index (χ0) is 17.7. The lowest BCUT2D eigenvalue weighted by molar-refractivity contribution is 0.0784. The van der Waals surface area contributed by atoms with Crippen molar-refractivity contribution in [3.05, 3.63) is 47.9 Å². The number of rotatable bonds is 3. The van der Waals surface area contributed by atoms with Gasteiger partial charge < -0.3 is 10.4 Å². The van der Waals surface area contributed by atoms with E-state index in [1.165, 1.54) is 16.7 Å². The molecule has 0 amide bonds. The van der Waals surface area contributed by atoms with Crippen LogP contribution in [0.3, 0.4) is 0 Å². The van der Waals surface area contributed by atoms with Gasteiger partial charge in [-0.1, -0.05) is 6.07 Å². The van der Waals surface area contributed by atoms with Crippen LogP contribution in [-0.4, -0.2) is 32.4 Å². The van der Waals surface area contributed by atoms with Crippen LogP contribution in [-0.2, 0) is 0 Å². The number of hydrogen-bond acceptors (Lipinski definition) is 6. The summed E-state index contributed by atoms with van der Waals surface area (Å²) in [6.07, 6.45) is 4.84. The Hall–Kier alpha value is -2.64. The summed E-state index contributed by atoms with van der Waals surface area (Å²) in [5, 5.41) is 25.8. The molecule has 0 spiro atoms. The van der Waals surface area contributed by atoms with Gasteiger partial charge in [-0.2, -0.15) is 0 Å². The van der Waals surface area contributed by atoms with Crippen LogP contribution in [0.2, 0.25) is 0 Å². The second kappa shape index (κ2) is 5.96. The minimum absolute atomic E-state index is 0.00370. The summed E-state index contributed by atoms with van der Waals surface area (Å²) in [7, 11) is 0. The Kier molecular flexibility index (Phi) is 3.58. The molecule has 0 aliphatic heterocycles. The van der Waals surface area contributed by atoms with Crippen LogP contribution in [0.25, 0.3) is 32.1 Å². The highest BCUT2D eigenvalue weighted by Gasteiger charge is 2.29. The number of halogens is 1. The second-order valence-electron chi connectivity index (χ2n) is 6.51. The number of pyridine rings is 1. The summed E-state index contributed by atoms with van der Waals surface area (Å²) in [5.41, 5.74) is 1.62. The van der Waals surface area contributed by atoms with Crippen molar-refractivity contribution in [3.8, 4) is 11.3 Å². The van der Waals surface area contributed by atoms with Crippen molar-refractivity contribution in [3.63, 3.8) is 0 Å². The molecule has 7 heteroatoms. The molecule has 1 aliphatic carbocycles. The van der Waals surface area contributed by atoms with Gasteiger partial charge in [-0.25, -0.2) is 4.39 Å². The normalized spacial score (nSPS) is 19.6. The van der Waals surface area contributed by atoms with E-state index in [9.17, 15) is 9.50 Å². The molecule has 1 saturated carbocycles. The number of aromatic nitrogens is 3. The summed E-state index contributed by atoms with van der Waals surface area (Å²) in [6, 6.07) is 7.49. The molecule has 4 aromatic rings. The first-order valence-corrected chi connectivity index (χ1v) is 9.31. The van der Waals surface area contributed by atoms with Crippen molar-refractivity contribution in [2.45, 2.75) is 25.0 Å². The molecule has 1 fully saturated rings. The highest BCUT2D eigenvalue weighted by Crippen LogP contribution is 2.34. The molecule has 3 heterocycles. The Morgan fingerprint density at radius 1 is 1.12 bits per heavy atom. The predicted octanol–water partition coefficient (Wildman–Crippen LogP) is 3.98. The maximum atomic E-state index is 13.7. The van der Waals surface area contributed by atoms with Crippen molar-refractivity contribution in [1.29, 1.82) is 0 Å². The number of fused-ring (bicyclic) bond motifs is 2. The molecule has 0 saturated heterocycles. The number of anilines is 1. The fourth-order valence-electron chi connectivity index (χ4n) is 3.29. The van der Waals surface area contributed by atoms with E-state index in [1.807, 2.05) is 18.2 Å². The molecule has 1 aromatic carbocycles. The smallest absolute Gasteiger partial charge is 0.158 e. The largest absolute Gasteiger partial charge is 0.391 e. The molecular weight excluding hydrogens is 351 g/mol. The van der Waals surface area contributed by atoms with Crippen LogP contribution in [0.1, 0.15) is 12.8 Å². The molecule has 26 heavy (non-hydrogen) atoms. The highest BCUT2D eigenvalue weighted by atomic mass is 32.1. The first kappa shape index (κ1) is 15.6. The number of thiophene rings is 1. The minimum atomic E-state index is -0.348. The van der Waals surface area contributed by atoms with Gasteiger partial charge in [0.15, 0.2) is 5.82 Å². The highest BCUT2D eigenvalue weighted by molar-refractivity contribution is 7.17. The van der Waals surface area contributed by atoms with Gasteiger partial charge in [0.05, 0.1) is 12.1 Å². The standard InChI is InChI=1S/C19H15FN4OS/c20-14-9-26-17-7-10(1-2-12(14)17)18-11-5-6-21-8-13(11)19(24-23-18)22-15-3-4-16(15)25/h1-2,5-9,15-16,25H,3-4H2,(H,22,24)/t15-,16-/m1/s1. The Morgan fingerprint density at radius 3 is 2.85 bits per heavy atom. The second-order valence-corrected chi connectivity index (χ2v) is 7.42. The van der Waals surface area contributed by atoms with Crippen LogP contribution < -0.4 is 5.32 Å². The van der Waals surface area contributed by atoms with Crippen molar-refractivity contribution in [2.75, 3.05) is 5.32 Å². The Bertz CT molecular complexity index is 1130. The number of nitrogens with zero attached hydrogens (tertiary/aromatic N) is 3. The lowest BCUT2D eigenvalue weighted by Crippen LogP contribution is -2.43. The van der Waals surface area contributed by atoms with E-state index in [2.05, 4.69) is 20.5 Å². The zero-order valence-electron chi connectivity index (χ0n) is 13.7.